The Labute approximate surface area is 98.2 Å². The summed E-state index contributed by atoms with van der Waals surface area (Å²) in [5.41, 5.74) is 0.490. The zero-order valence-electron chi connectivity index (χ0n) is 9.55. The van der Waals surface area contributed by atoms with Crippen LogP contribution in [0.25, 0.3) is 0 Å². The lowest BCUT2D eigenvalue weighted by Gasteiger charge is -2.32. The highest BCUT2D eigenvalue weighted by atomic mass is 16.4. The summed E-state index contributed by atoms with van der Waals surface area (Å²) in [6.45, 7) is 2.12. The molecule has 0 aromatic carbocycles. The zero-order chi connectivity index (χ0) is 12.4. The lowest BCUT2D eigenvalue weighted by atomic mass is 10.0. The standard InChI is InChI=1S/C11H14N2O4/c1-7-9(17-6-12-7)10(14)13-5-3-2-4-8(13)11(15)16/h6,8H,2-5H2,1H3,(H,15,16). The number of carbonyl (C=O) groups excluding carboxylic acids is 1. The van der Waals surface area contributed by atoms with E-state index in [0.29, 0.717) is 18.7 Å². The number of aryl methyl sites for hydroxylation is 1. The van der Waals surface area contributed by atoms with Crippen molar-refractivity contribution in [2.45, 2.75) is 32.2 Å². The summed E-state index contributed by atoms with van der Waals surface area (Å²) >= 11 is 0. The average Bonchev–Trinajstić information content (AvgIpc) is 2.74. The Hall–Kier alpha value is -1.85. The fourth-order valence-corrected chi connectivity index (χ4v) is 2.07. The van der Waals surface area contributed by atoms with E-state index in [9.17, 15) is 9.59 Å². The van der Waals surface area contributed by atoms with Gasteiger partial charge in [0.2, 0.25) is 5.76 Å². The molecule has 1 unspecified atom stereocenters. The smallest absolute Gasteiger partial charge is 0.326 e. The third-order valence-electron chi connectivity index (χ3n) is 2.99. The van der Waals surface area contributed by atoms with Gasteiger partial charge in [0.05, 0.1) is 5.69 Å². The van der Waals surface area contributed by atoms with Crippen molar-refractivity contribution in [3.05, 3.63) is 17.8 Å². The first-order valence-electron chi connectivity index (χ1n) is 5.55. The molecule has 2 rings (SSSR count). The number of carboxylic acid groups (broad SMARTS) is 1. The molecule has 1 N–H and O–H groups in total. The summed E-state index contributed by atoms with van der Waals surface area (Å²) < 4.78 is 5.01. The van der Waals surface area contributed by atoms with Crippen LogP contribution in [0.3, 0.4) is 0 Å². The van der Waals surface area contributed by atoms with E-state index in [1.54, 1.807) is 6.92 Å². The van der Waals surface area contributed by atoms with Gasteiger partial charge in [0, 0.05) is 6.54 Å². The summed E-state index contributed by atoms with van der Waals surface area (Å²) in [5, 5.41) is 9.08. The Morgan fingerprint density at radius 1 is 1.53 bits per heavy atom. The van der Waals surface area contributed by atoms with Gasteiger partial charge < -0.3 is 14.4 Å². The van der Waals surface area contributed by atoms with Crippen LogP contribution in [0.15, 0.2) is 10.8 Å². The molecule has 1 aliphatic rings. The molecule has 6 nitrogen and oxygen atoms in total. The van der Waals surface area contributed by atoms with E-state index in [1.807, 2.05) is 0 Å². The largest absolute Gasteiger partial charge is 0.480 e. The number of hydrogen-bond donors (Lipinski definition) is 1. The van der Waals surface area contributed by atoms with Crippen LogP contribution in [0.2, 0.25) is 0 Å². The van der Waals surface area contributed by atoms with Crippen molar-refractivity contribution in [3.8, 4) is 0 Å². The van der Waals surface area contributed by atoms with E-state index in [4.69, 9.17) is 9.52 Å². The van der Waals surface area contributed by atoms with Crippen LogP contribution in [0.1, 0.15) is 35.5 Å². The second-order valence-corrected chi connectivity index (χ2v) is 4.12. The predicted octanol–water partition coefficient (Wildman–Crippen LogP) is 1.06. The van der Waals surface area contributed by atoms with Gasteiger partial charge in [-0.25, -0.2) is 9.78 Å². The van der Waals surface area contributed by atoms with Crippen molar-refractivity contribution >= 4 is 11.9 Å². The minimum Gasteiger partial charge on any atom is -0.480 e. The lowest BCUT2D eigenvalue weighted by Crippen LogP contribution is -2.48. The van der Waals surface area contributed by atoms with Gasteiger partial charge in [0.15, 0.2) is 6.39 Å². The van der Waals surface area contributed by atoms with E-state index < -0.39 is 12.0 Å². The van der Waals surface area contributed by atoms with Crippen molar-refractivity contribution in [1.82, 2.24) is 9.88 Å². The highest BCUT2D eigenvalue weighted by molar-refractivity contribution is 5.95. The first kappa shape index (κ1) is 11.6. The monoisotopic (exact) mass is 238 g/mol. The molecule has 6 heteroatoms. The van der Waals surface area contributed by atoms with Crippen molar-refractivity contribution in [2.24, 2.45) is 0 Å². The molecular formula is C11H14N2O4. The topological polar surface area (TPSA) is 83.6 Å². The Balaban J connectivity index is 2.23. The van der Waals surface area contributed by atoms with Crippen molar-refractivity contribution < 1.29 is 19.1 Å². The third kappa shape index (κ3) is 2.15. The van der Waals surface area contributed by atoms with Gasteiger partial charge in [-0.05, 0) is 26.2 Å². The van der Waals surface area contributed by atoms with Crippen molar-refractivity contribution in [2.75, 3.05) is 6.54 Å². The van der Waals surface area contributed by atoms with Gasteiger partial charge in [-0.2, -0.15) is 0 Å². The molecule has 92 valence electrons. The first-order valence-corrected chi connectivity index (χ1v) is 5.55. The fraction of sp³-hybridized carbons (Fsp3) is 0.545. The fourth-order valence-electron chi connectivity index (χ4n) is 2.07. The molecule has 2 heterocycles. The number of oxazole rings is 1. The molecule has 0 saturated carbocycles. The summed E-state index contributed by atoms with van der Waals surface area (Å²) in [6.07, 6.45) is 3.34. The summed E-state index contributed by atoms with van der Waals surface area (Å²) in [5.74, 6) is -1.21. The molecule has 1 atom stereocenters. The number of aromatic nitrogens is 1. The van der Waals surface area contributed by atoms with Gasteiger partial charge in [0.1, 0.15) is 6.04 Å². The molecule has 1 saturated heterocycles. The Morgan fingerprint density at radius 3 is 2.88 bits per heavy atom. The van der Waals surface area contributed by atoms with Crippen LogP contribution in [0.5, 0.6) is 0 Å². The van der Waals surface area contributed by atoms with Crippen LogP contribution >= 0.6 is 0 Å². The highest BCUT2D eigenvalue weighted by Gasteiger charge is 2.34. The number of rotatable bonds is 2. The van der Waals surface area contributed by atoms with Gasteiger partial charge in [-0.15, -0.1) is 0 Å². The summed E-state index contributed by atoms with van der Waals surface area (Å²) in [6, 6.07) is -0.749. The van der Waals surface area contributed by atoms with Crippen LogP contribution in [0.4, 0.5) is 0 Å². The predicted molar refractivity (Wildman–Crippen MR) is 57.6 cm³/mol. The molecule has 1 fully saturated rings. The van der Waals surface area contributed by atoms with E-state index in [1.165, 1.54) is 11.3 Å². The van der Waals surface area contributed by atoms with Gasteiger partial charge in [0.25, 0.3) is 5.91 Å². The average molecular weight is 238 g/mol. The quantitative estimate of drug-likeness (QED) is 0.832. The minimum atomic E-state index is -0.963. The Morgan fingerprint density at radius 2 is 2.29 bits per heavy atom. The van der Waals surface area contributed by atoms with Crippen LogP contribution < -0.4 is 0 Å². The lowest BCUT2D eigenvalue weighted by molar-refractivity contribution is -0.143. The van der Waals surface area contributed by atoms with Crippen molar-refractivity contribution in [1.29, 1.82) is 0 Å². The molecule has 1 aromatic heterocycles. The molecule has 1 amide bonds. The van der Waals surface area contributed by atoms with Crippen LogP contribution in [0, 0.1) is 6.92 Å². The summed E-state index contributed by atoms with van der Waals surface area (Å²) in [7, 11) is 0. The Bertz CT molecular complexity index is 440. The second-order valence-electron chi connectivity index (χ2n) is 4.12. The number of aliphatic carboxylic acids is 1. The number of carbonyl (C=O) groups is 2. The second kappa shape index (κ2) is 4.57. The molecule has 0 aliphatic carbocycles. The number of piperidine rings is 1. The maximum atomic E-state index is 12.1. The van der Waals surface area contributed by atoms with E-state index in [-0.39, 0.29) is 11.7 Å². The molecule has 1 aromatic rings. The first-order chi connectivity index (χ1) is 8.11. The molecular weight excluding hydrogens is 224 g/mol. The minimum absolute atomic E-state index is 0.137. The van der Waals surface area contributed by atoms with Crippen LogP contribution in [-0.2, 0) is 4.79 Å². The molecule has 0 bridgehead atoms. The van der Waals surface area contributed by atoms with E-state index in [2.05, 4.69) is 4.98 Å². The normalized spacial score (nSPS) is 20.3. The Kier molecular flexibility index (Phi) is 3.12. The maximum absolute atomic E-state index is 12.1. The van der Waals surface area contributed by atoms with E-state index >= 15 is 0 Å². The van der Waals surface area contributed by atoms with E-state index in [0.717, 1.165) is 12.8 Å². The maximum Gasteiger partial charge on any atom is 0.326 e. The molecule has 0 spiro atoms. The summed E-state index contributed by atoms with van der Waals surface area (Å²) in [4.78, 5) is 28.4. The molecule has 1 aliphatic heterocycles. The van der Waals surface area contributed by atoms with Crippen LogP contribution in [-0.4, -0.2) is 39.5 Å². The highest BCUT2D eigenvalue weighted by Crippen LogP contribution is 2.20. The van der Waals surface area contributed by atoms with Gasteiger partial charge >= 0.3 is 5.97 Å². The van der Waals surface area contributed by atoms with Gasteiger partial charge in [-0.1, -0.05) is 0 Å². The number of carboxylic acids is 1. The van der Waals surface area contributed by atoms with Crippen molar-refractivity contribution in [3.63, 3.8) is 0 Å². The third-order valence-corrected chi connectivity index (χ3v) is 2.99. The number of likely N-dealkylation sites (tertiary alicyclic amines) is 1. The number of nitrogens with zero attached hydrogens (tertiary/aromatic N) is 2. The number of amides is 1. The van der Waals surface area contributed by atoms with Gasteiger partial charge in [-0.3, -0.25) is 4.79 Å². The molecule has 17 heavy (non-hydrogen) atoms. The zero-order valence-corrected chi connectivity index (χ0v) is 9.55. The molecule has 0 radical (unpaired) electrons. The SMILES string of the molecule is Cc1ncoc1C(=O)N1CCCCC1C(=O)O. The number of hydrogen-bond acceptors (Lipinski definition) is 4.